The molecule has 12 rings (SSSR count). The zero-order chi connectivity index (χ0) is 44.2. The maximum atomic E-state index is 2.50. The molecule has 66 heavy (non-hydrogen) atoms. The second-order valence-corrected chi connectivity index (χ2v) is 17.8. The standard InChI is InChI=1S/C63H47N3/c1-63(2)59-24-14-12-22-55(59)57-42-43-58-56-23-13-15-25-60(56)66(62(58)61(57)63)54-36-30-47(31-37-54)46-28-34-51(35-29-46)65(50-32-26-45(27-33-50)44-16-6-3-7-17-44)53-40-38-52(39-41-53)64(48-18-8-4-9-19-48)49-20-10-5-11-21-49/h3-43H,1-2H3. The van der Waals surface area contributed by atoms with Crippen LogP contribution in [0.5, 0.6) is 0 Å². The molecule has 3 heteroatoms. The largest absolute Gasteiger partial charge is 0.311 e. The third-order valence-electron chi connectivity index (χ3n) is 13.6. The molecule has 0 saturated carbocycles. The summed E-state index contributed by atoms with van der Waals surface area (Å²) in [4.78, 5) is 4.65. The summed E-state index contributed by atoms with van der Waals surface area (Å²) in [5, 5.41) is 2.57. The first kappa shape index (κ1) is 39.2. The Kier molecular flexibility index (Phi) is 9.50. The minimum Gasteiger partial charge on any atom is -0.311 e. The van der Waals surface area contributed by atoms with Gasteiger partial charge in [0.25, 0.3) is 0 Å². The molecule has 10 aromatic carbocycles. The van der Waals surface area contributed by atoms with E-state index in [4.69, 9.17) is 0 Å². The Morgan fingerprint density at radius 1 is 0.318 bits per heavy atom. The summed E-state index contributed by atoms with van der Waals surface area (Å²) >= 11 is 0. The molecule has 0 N–H and O–H groups in total. The Balaban J connectivity index is 0.909. The number of nitrogens with zero attached hydrogens (tertiary/aromatic N) is 3. The molecule has 11 aromatic rings. The van der Waals surface area contributed by atoms with Gasteiger partial charge in [0, 0.05) is 56.0 Å². The average molecular weight is 846 g/mol. The molecular weight excluding hydrogens is 799 g/mol. The predicted molar refractivity (Wildman–Crippen MR) is 279 cm³/mol. The van der Waals surface area contributed by atoms with Crippen molar-refractivity contribution >= 4 is 55.9 Å². The fourth-order valence-electron chi connectivity index (χ4n) is 10.4. The van der Waals surface area contributed by atoms with Crippen LogP contribution in [0.3, 0.4) is 0 Å². The monoisotopic (exact) mass is 845 g/mol. The van der Waals surface area contributed by atoms with Crippen molar-refractivity contribution in [1.82, 2.24) is 4.57 Å². The van der Waals surface area contributed by atoms with E-state index < -0.39 is 0 Å². The van der Waals surface area contributed by atoms with Gasteiger partial charge in [-0.2, -0.15) is 0 Å². The van der Waals surface area contributed by atoms with Gasteiger partial charge in [0.15, 0.2) is 0 Å². The summed E-state index contributed by atoms with van der Waals surface area (Å²) in [7, 11) is 0. The third-order valence-corrected chi connectivity index (χ3v) is 13.6. The molecule has 0 bridgehead atoms. The highest BCUT2D eigenvalue weighted by molar-refractivity contribution is 6.13. The van der Waals surface area contributed by atoms with Gasteiger partial charge >= 0.3 is 0 Å². The lowest BCUT2D eigenvalue weighted by Crippen LogP contribution is -2.16. The molecule has 314 valence electrons. The van der Waals surface area contributed by atoms with Crippen LogP contribution in [0.2, 0.25) is 0 Å². The van der Waals surface area contributed by atoms with Gasteiger partial charge in [-0.05, 0) is 136 Å². The molecule has 0 saturated heterocycles. The van der Waals surface area contributed by atoms with Gasteiger partial charge in [0.1, 0.15) is 0 Å². The van der Waals surface area contributed by atoms with Crippen LogP contribution in [0, 0.1) is 0 Å². The van der Waals surface area contributed by atoms with Crippen molar-refractivity contribution in [3.8, 4) is 39.1 Å². The molecule has 3 nitrogen and oxygen atoms in total. The van der Waals surface area contributed by atoms with Gasteiger partial charge in [-0.1, -0.05) is 172 Å². The Labute approximate surface area is 386 Å². The van der Waals surface area contributed by atoms with Gasteiger partial charge in [-0.3, -0.25) is 0 Å². The van der Waals surface area contributed by atoms with Crippen molar-refractivity contribution < 1.29 is 0 Å². The van der Waals surface area contributed by atoms with E-state index in [1.165, 1.54) is 66.3 Å². The molecule has 1 aliphatic carbocycles. The fourth-order valence-corrected chi connectivity index (χ4v) is 10.4. The van der Waals surface area contributed by atoms with E-state index in [2.05, 4.69) is 277 Å². The van der Waals surface area contributed by atoms with Crippen molar-refractivity contribution in [2.75, 3.05) is 9.80 Å². The molecule has 1 aromatic heterocycles. The second-order valence-electron chi connectivity index (χ2n) is 17.8. The number of hydrogen-bond donors (Lipinski definition) is 0. The Bertz CT molecular complexity index is 3460. The molecule has 0 atom stereocenters. The Morgan fingerprint density at radius 2 is 0.727 bits per heavy atom. The maximum Gasteiger partial charge on any atom is 0.0588 e. The first-order chi connectivity index (χ1) is 32.5. The molecular formula is C63H47N3. The van der Waals surface area contributed by atoms with Crippen LogP contribution in [0.25, 0.3) is 60.9 Å². The van der Waals surface area contributed by atoms with Crippen molar-refractivity contribution in [2.45, 2.75) is 19.3 Å². The average Bonchev–Trinajstić information content (AvgIpc) is 3.84. The molecule has 0 aliphatic heterocycles. The molecule has 1 heterocycles. The zero-order valence-electron chi connectivity index (χ0n) is 37.0. The van der Waals surface area contributed by atoms with Crippen LogP contribution in [0.15, 0.2) is 249 Å². The highest BCUT2D eigenvalue weighted by Crippen LogP contribution is 2.53. The first-order valence-corrected chi connectivity index (χ1v) is 22.8. The molecule has 0 spiro atoms. The van der Waals surface area contributed by atoms with Crippen LogP contribution < -0.4 is 9.80 Å². The summed E-state index contributed by atoms with van der Waals surface area (Å²) in [6.45, 7) is 4.76. The van der Waals surface area contributed by atoms with Crippen LogP contribution in [-0.2, 0) is 5.41 Å². The highest BCUT2D eigenvalue weighted by Gasteiger charge is 2.38. The number of rotatable bonds is 9. The summed E-state index contributed by atoms with van der Waals surface area (Å²) in [6.07, 6.45) is 0. The lowest BCUT2D eigenvalue weighted by atomic mass is 9.81. The number of anilines is 6. The van der Waals surface area contributed by atoms with Crippen LogP contribution >= 0.6 is 0 Å². The smallest absolute Gasteiger partial charge is 0.0588 e. The quantitative estimate of drug-likeness (QED) is 0.143. The Morgan fingerprint density at radius 3 is 1.27 bits per heavy atom. The van der Waals surface area contributed by atoms with E-state index >= 15 is 0 Å². The number of fused-ring (bicyclic) bond motifs is 7. The lowest BCUT2D eigenvalue weighted by Gasteiger charge is -2.28. The van der Waals surface area contributed by atoms with Crippen molar-refractivity contribution in [3.63, 3.8) is 0 Å². The number of benzene rings is 10. The minimum atomic E-state index is -0.135. The van der Waals surface area contributed by atoms with Gasteiger partial charge < -0.3 is 14.4 Å². The fraction of sp³-hybridized carbons (Fsp3) is 0.0476. The SMILES string of the molecule is CC1(C)c2ccccc2-c2ccc3c4ccccc4n(-c4ccc(-c5ccc(N(c6ccc(-c7ccccc7)cc6)c6ccc(N(c7ccccc7)c7ccccc7)cc6)cc5)cc4)c3c21. The maximum absolute atomic E-state index is 2.50. The van der Waals surface area contributed by atoms with E-state index in [-0.39, 0.29) is 5.41 Å². The van der Waals surface area contributed by atoms with Gasteiger partial charge in [-0.15, -0.1) is 0 Å². The first-order valence-electron chi connectivity index (χ1n) is 22.8. The van der Waals surface area contributed by atoms with E-state index in [1.807, 2.05) is 0 Å². The molecule has 0 amide bonds. The van der Waals surface area contributed by atoms with Crippen LogP contribution in [-0.4, -0.2) is 4.57 Å². The van der Waals surface area contributed by atoms with Gasteiger partial charge in [0.05, 0.1) is 11.0 Å². The zero-order valence-corrected chi connectivity index (χ0v) is 37.0. The molecule has 0 radical (unpaired) electrons. The summed E-state index contributed by atoms with van der Waals surface area (Å²) in [5.74, 6) is 0. The number of aromatic nitrogens is 1. The van der Waals surface area contributed by atoms with Gasteiger partial charge in [0.2, 0.25) is 0 Å². The van der Waals surface area contributed by atoms with Crippen LogP contribution in [0.1, 0.15) is 25.0 Å². The summed E-state index contributed by atoms with van der Waals surface area (Å²) < 4.78 is 2.50. The molecule has 0 unspecified atom stereocenters. The van der Waals surface area contributed by atoms with Crippen LogP contribution in [0.4, 0.5) is 34.1 Å². The number of para-hydroxylation sites is 3. The van der Waals surface area contributed by atoms with E-state index in [1.54, 1.807) is 0 Å². The normalized spacial score (nSPS) is 12.5. The van der Waals surface area contributed by atoms with Crippen molar-refractivity contribution in [2.24, 2.45) is 0 Å². The summed E-state index contributed by atoms with van der Waals surface area (Å²) in [6, 6.07) is 90.1. The van der Waals surface area contributed by atoms with Crippen molar-refractivity contribution in [3.05, 3.63) is 260 Å². The third kappa shape index (κ3) is 6.59. The highest BCUT2D eigenvalue weighted by atomic mass is 15.2. The second kappa shape index (κ2) is 16.0. The van der Waals surface area contributed by atoms with E-state index in [0.717, 1.165) is 39.8 Å². The van der Waals surface area contributed by atoms with E-state index in [9.17, 15) is 0 Å². The summed E-state index contributed by atoms with van der Waals surface area (Å²) in [5.41, 5.74) is 20.3. The lowest BCUT2D eigenvalue weighted by molar-refractivity contribution is 0.664. The minimum absolute atomic E-state index is 0.135. The predicted octanol–water partition coefficient (Wildman–Crippen LogP) is 17.4. The Hall–Kier alpha value is -8.40. The molecule has 1 aliphatic rings. The van der Waals surface area contributed by atoms with E-state index in [0.29, 0.717) is 0 Å². The van der Waals surface area contributed by atoms with Gasteiger partial charge in [-0.25, -0.2) is 0 Å². The van der Waals surface area contributed by atoms with Crippen molar-refractivity contribution in [1.29, 1.82) is 0 Å². The number of hydrogen-bond acceptors (Lipinski definition) is 2. The molecule has 0 fully saturated rings. The topological polar surface area (TPSA) is 11.4 Å².